The van der Waals surface area contributed by atoms with Crippen molar-refractivity contribution in [1.29, 1.82) is 0 Å². The lowest BCUT2D eigenvalue weighted by Gasteiger charge is -2.14. The standard InChI is InChI=1S/C17H23N5O/c1-12(2)22-17(4-6-20-22)16-9-15(18-11-19-16)8-14-5-7-21(10-14)13(3)23/h4,6,9,11-12,14H,5,7-8,10H2,1-3H3/t14-/m0/s1. The van der Waals surface area contributed by atoms with Crippen molar-refractivity contribution in [3.05, 3.63) is 30.4 Å². The fraction of sp³-hybridized carbons (Fsp3) is 0.529. The lowest BCUT2D eigenvalue weighted by Crippen LogP contribution is -2.26. The summed E-state index contributed by atoms with van der Waals surface area (Å²) in [6.45, 7) is 7.54. The van der Waals surface area contributed by atoms with Crippen molar-refractivity contribution in [3.63, 3.8) is 0 Å². The van der Waals surface area contributed by atoms with E-state index in [2.05, 4.69) is 28.9 Å². The topological polar surface area (TPSA) is 63.9 Å². The fourth-order valence-electron chi connectivity index (χ4n) is 3.16. The number of nitrogens with zero attached hydrogens (tertiary/aromatic N) is 5. The van der Waals surface area contributed by atoms with Gasteiger partial charge in [-0.25, -0.2) is 9.97 Å². The van der Waals surface area contributed by atoms with Crippen LogP contribution in [0.25, 0.3) is 11.4 Å². The van der Waals surface area contributed by atoms with Crippen LogP contribution in [-0.4, -0.2) is 43.6 Å². The predicted molar refractivity (Wildman–Crippen MR) is 87.7 cm³/mol. The molecule has 6 heteroatoms. The molecule has 0 spiro atoms. The normalized spacial score (nSPS) is 17.9. The first-order chi connectivity index (χ1) is 11.0. The number of carbonyl (C=O) groups is 1. The summed E-state index contributed by atoms with van der Waals surface area (Å²) in [5.74, 6) is 0.647. The fourth-order valence-corrected chi connectivity index (χ4v) is 3.16. The molecule has 0 unspecified atom stereocenters. The van der Waals surface area contributed by atoms with Crippen LogP contribution in [0.15, 0.2) is 24.7 Å². The predicted octanol–water partition coefficient (Wildman–Crippen LogP) is 2.33. The van der Waals surface area contributed by atoms with Gasteiger partial charge in [-0.2, -0.15) is 5.10 Å². The van der Waals surface area contributed by atoms with Crippen LogP contribution in [0.2, 0.25) is 0 Å². The van der Waals surface area contributed by atoms with Gasteiger partial charge >= 0.3 is 0 Å². The van der Waals surface area contributed by atoms with Gasteiger partial charge in [-0.1, -0.05) is 0 Å². The van der Waals surface area contributed by atoms with Gasteiger partial charge in [0, 0.05) is 37.9 Å². The maximum atomic E-state index is 11.4. The van der Waals surface area contributed by atoms with E-state index in [4.69, 9.17) is 0 Å². The Morgan fingerprint density at radius 1 is 1.39 bits per heavy atom. The summed E-state index contributed by atoms with van der Waals surface area (Å²) in [5.41, 5.74) is 2.95. The molecule has 122 valence electrons. The molecule has 0 aliphatic carbocycles. The smallest absolute Gasteiger partial charge is 0.219 e. The Labute approximate surface area is 136 Å². The molecular formula is C17H23N5O. The van der Waals surface area contributed by atoms with Crippen LogP contribution >= 0.6 is 0 Å². The molecule has 2 aromatic heterocycles. The summed E-state index contributed by atoms with van der Waals surface area (Å²) in [7, 11) is 0. The van der Waals surface area contributed by atoms with Crippen LogP contribution in [0, 0.1) is 5.92 Å². The van der Waals surface area contributed by atoms with Crippen LogP contribution in [0.5, 0.6) is 0 Å². The SMILES string of the molecule is CC(=O)N1CC[C@@H](Cc2cc(-c3ccnn3C(C)C)ncn2)C1. The molecule has 1 fully saturated rings. The van der Waals surface area contributed by atoms with Gasteiger partial charge < -0.3 is 4.90 Å². The van der Waals surface area contributed by atoms with Gasteiger partial charge in [0.05, 0.1) is 11.4 Å². The molecular weight excluding hydrogens is 290 g/mol. The maximum absolute atomic E-state index is 11.4. The van der Waals surface area contributed by atoms with Crippen molar-refractivity contribution in [1.82, 2.24) is 24.6 Å². The number of likely N-dealkylation sites (tertiary alicyclic amines) is 1. The van der Waals surface area contributed by atoms with E-state index < -0.39 is 0 Å². The molecule has 0 radical (unpaired) electrons. The largest absolute Gasteiger partial charge is 0.343 e. The third-order valence-corrected chi connectivity index (χ3v) is 4.37. The Morgan fingerprint density at radius 3 is 2.91 bits per heavy atom. The molecule has 1 amide bonds. The molecule has 23 heavy (non-hydrogen) atoms. The van der Waals surface area contributed by atoms with Crippen LogP contribution in [0.1, 0.15) is 38.9 Å². The van der Waals surface area contributed by atoms with Crippen molar-refractivity contribution in [2.24, 2.45) is 5.92 Å². The second-order valence-corrected chi connectivity index (χ2v) is 6.47. The molecule has 3 rings (SSSR count). The van der Waals surface area contributed by atoms with Gasteiger partial charge in [0.25, 0.3) is 0 Å². The van der Waals surface area contributed by atoms with Crippen LogP contribution in [0.4, 0.5) is 0 Å². The molecule has 0 saturated carbocycles. The number of amides is 1. The van der Waals surface area contributed by atoms with Crippen LogP contribution in [-0.2, 0) is 11.2 Å². The van der Waals surface area contributed by atoms with Crippen molar-refractivity contribution in [3.8, 4) is 11.4 Å². The zero-order chi connectivity index (χ0) is 16.4. The molecule has 1 saturated heterocycles. The van der Waals surface area contributed by atoms with Gasteiger partial charge in [0.15, 0.2) is 0 Å². The highest BCUT2D eigenvalue weighted by Crippen LogP contribution is 2.23. The third kappa shape index (κ3) is 3.41. The molecule has 2 aromatic rings. The average Bonchev–Trinajstić information content (AvgIpc) is 3.16. The van der Waals surface area contributed by atoms with E-state index in [0.717, 1.165) is 43.0 Å². The molecule has 1 aliphatic rings. The van der Waals surface area contributed by atoms with Crippen LogP contribution in [0.3, 0.4) is 0 Å². The van der Waals surface area contributed by atoms with E-state index >= 15 is 0 Å². The highest BCUT2D eigenvalue weighted by atomic mass is 16.2. The minimum Gasteiger partial charge on any atom is -0.343 e. The van der Waals surface area contributed by atoms with Crippen molar-refractivity contribution in [2.45, 2.75) is 39.7 Å². The van der Waals surface area contributed by atoms with E-state index in [1.807, 2.05) is 21.7 Å². The second-order valence-electron chi connectivity index (χ2n) is 6.47. The van der Waals surface area contributed by atoms with Crippen molar-refractivity contribution >= 4 is 5.91 Å². The number of hydrogen-bond donors (Lipinski definition) is 0. The Bertz CT molecular complexity index is 694. The zero-order valence-electron chi connectivity index (χ0n) is 13.9. The van der Waals surface area contributed by atoms with E-state index in [0.29, 0.717) is 5.92 Å². The monoisotopic (exact) mass is 313 g/mol. The van der Waals surface area contributed by atoms with Crippen LogP contribution < -0.4 is 0 Å². The quantitative estimate of drug-likeness (QED) is 0.869. The summed E-state index contributed by atoms with van der Waals surface area (Å²) < 4.78 is 1.97. The third-order valence-electron chi connectivity index (χ3n) is 4.37. The minimum absolute atomic E-state index is 0.164. The Hall–Kier alpha value is -2.24. The molecule has 3 heterocycles. The summed E-state index contributed by atoms with van der Waals surface area (Å²) >= 11 is 0. The lowest BCUT2D eigenvalue weighted by molar-refractivity contribution is -0.127. The Morgan fingerprint density at radius 2 is 2.22 bits per heavy atom. The van der Waals surface area contributed by atoms with Crippen molar-refractivity contribution in [2.75, 3.05) is 13.1 Å². The molecule has 0 bridgehead atoms. The van der Waals surface area contributed by atoms with E-state index in [9.17, 15) is 4.79 Å². The number of hydrogen-bond acceptors (Lipinski definition) is 4. The summed E-state index contributed by atoms with van der Waals surface area (Å²) in [4.78, 5) is 22.2. The first-order valence-electron chi connectivity index (χ1n) is 8.15. The molecule has 0 aromatic carbocycles. The summed E-state index contributed by atoms with van der Waals surface area (Å²) in [6.07, 6.45) is 5.36. The van der Waals surface area contributed by atoms with Gasteiger partial charge in [-0.05, 0) is 44.7 Å². The second kappa shape index (κ2) is 6.48. The number of rotatable bonds is 4. The van der Waals surface area contributed by atoms with E-state index in [1.165, 1.54) is 0 Å². The van der Waals surface area contributed by atoms with Gasteiger partial charge in [0.2, 0.25) is 5.91 Å². The highest BCUT2D eigenvalue weighted by Gasteiger charge is 2.24. The van der Waals surface area contributed by atoms with E-state index in [1.54, 1.807) is 19.4 Å². The van der Waals surface area contributed by atoms with E-state index in [-0.39, 0.29) is 11.9 Å². The minimum atomic E-state index is 0.164. The van der Waals surface area contributed by atoms with Crippen molar-refractivity contribution < 1.29 is 4.79 Å². The van der Waals surface area contributed by atoms with Gasteiger partial charge in [-0.3, -0.25) is 9.48 Å². The number of aromatic nitrogens is 4. The summed E-state index contributed by atoms with van der Waals surface area (Å²) in [5, 5.41) is 4.37. The zero-order valence-corrected chi connectivity index (χ0v) is 13.9. The average molecular weight is 313 g/mol. The Kier molecular flexibility index (Phi) is 4.41. The number of carbonyl (C=O) groups excluding carboxylic acids is 1. The first kappa shape index (κ1) is 15.6. The van der Waals surface area contributed by atoms with Gasteiger partial charge in [0.1, 0.15) is 6.33 Å². The first-order valence-corrected chi connectivity index (χ1v) is 8.15. The lowest BCUT2D eigenvalue weighted by atomic mass is 10.0. The maximum Gasteiger partial charge on any atom is 0.219 e. The molecule has 6 nitrogen and oxygen atoms in total. The molecule has 1 atom stereocenters. The van der Waals surface area contributed by atoms with Gasteiger partial charge in [-0.15, -0.1) is 0 Å². The summed E-state index contributed by atoms with van der Waals surface area (Å²) in [6, 6.07) is 4.32. The Balaban J connectivity index is 1.76. The molecule has 1 aliphatic heterocycles. The molecule has 0 N–H and O–H groups in total. The highest BCUT2D eigenvalue weighted by molar-refractivity contribution is 5.73.